The van der Waals surface area contributed by atoms with Crippen LogP contribution in [0.3, 0.4) is 0 Å². The van der Waals surface area contributed by atoms with Gasteiger partial charge in [0, 0.05) is 6.61 Å². The van der Waals surface area contributed by atoms with Crippen LogP contribution in [-0.4, -0.2) is 24.9 Å². The molecule has 13 heavy (non-hydrogen) atoms. The molecular weight excluding hydrogens is 164 g/mol. The van der Waals surface area contributed by atoms with Gasteiger partial charge in [0.15, 0.2) is 0 Å². The second-order valence-corrected chi connectivity index (χ2v) is 3.93. The Hall–Kier alpha value is -0.340. The molecule has 2 aliphatic rings. The van der Waals surface area contributed by atoms with E-state index in [0.717, 1.165) is 32.3 Å². The van der Waals surface area contributed by atoms with Crippen LogP contribution in [0, 0.1) is 0 Å². The molecule has 0 spiro atoms. The number of rotatable bonds is 1. The fourth-order valence-corrected chi connectivity index (χ4v) is 2.22. The zero-order chi connectivity index (χ0) is 9.10. The predicted octanol–water partition coefficient (Wildman–Crippen LogP) is 2.29. The van der Waals surface area contributed by atoms with Gasteiger partial charge in [0.1, 0.15) is 0 Å². The molecule has 0 amide bonds. The fraction of sp³-hybridized carbons (Fsp3) is 0.818. The molecule has 0 radical (unpaired) electrons. The molecule has 3 atom stereocenters. The standard InChI is InChI=1S/C11H18O2/c1-2-9-5-3-6-10-11(13-9)7-4-8-12-10/h2,9-11H,1,3-8H2/t9-,10-,11+/m1/s1. The molecule has 0 saturated carbocycles. The molecule has 2 heterocycles. The Morgan fingerprint density at radius 2 is 1.92 bits per heavy atom. The van der Waals surface area contributed by atoms with Crippen LogP contribution in [0.25, 0.3) is 0 Å². The second kappa shape index (κ2) is 4.25. The molecule has 0 unspecified atom stereocenters. The zero-order valence-corrected chi connectivity index (χ0v) is 8.08. The lowest BCUT2D eigenvalue weighted by Gasteiger charge is -2.30. The van der Waals surface area contributed by atoms with Crippen molar-refractivity contribution in [1.29, 1.82) is 0 Å². The van der Waals surface area contributed by atoms with Crippen LogP contribution in [0.4, 0.5) is 0 Å². The van der Waals surface area contributed by atoms with Crippen LogP contribution in [0.1, 0.15) is 32.1 Å². The third kappa shape index (κ3) is 2.12. The van der Waals surface area contributed by atoms with Crippen LogP contribution in [0.5, 0.6) is 0 Å². The Labute approximate surface area is 79.9 Å². The molecule has 2 rings (SSSR count). The summed E-state index contributed by atoms with van der Waals surface area (Å²) in [6, 6.07) is 0. The third-order valence-electron chi connectivity index (χ3n) is 2.97. The molecule has 0 aromatic carbocycles. The molecule has 0 aromatic heterocycles. The Kier molecular flexibility index (Phi) is 3.01. The van der Waals surface area contributed by atoms with Gasteiger partial charge in [-0.2, -0.15) is 0 Å². The second-order valence-electron chi connectivity index (χ2n) is 3.93. The molecule has 2 fully saturated rings. The van der Waals surface area contributed by atoms with E-state index >= 15 is 0 Å². The van der Waals surface area contributed by atoms with Gasteiger partial charge >= 0.3 is 0 Å². The minimum Gasteiger partial charge on any atom is -0.376 e. The molecule has 0 aromatic rings. The Bertz CT molecular complexity index is 179. The molecule has 0 bridgehead atoms. The highest BCUT2D eigenvalue weighted by Gasteiger charge is 2.30. The van der Waals surface area contributed by atoms with Crippen molar-refractivity contribution in [2.45, 2.75) is 50.4 Å². The first-order chi connectivity index (χ1) is 6.40. The minimum absolute atomic E-state index is 0.261. The van der Waals surface area contributed by atoms with E-state index in [1.165, 1.54) is 6.42 Å². The quantitative estimate of drug-likeness (QED) is 0.579. The molecule has 74 valence electrons. The van der Waals surface area contributed by atoms with Crippen molar-refractivity contribution in [3.8, 4) is 0 Å². The number of fused-ring (bicyclic) bond motifs is 1. The van der Waals surface area contributed by atoms with Gasteiger partial charge < -0.3 is 9.47 Å². The monoisotopic (exact) mass is 182 g/mol. The van der Waals surface area contributed by atoms with Crippen LogP contribution < -0.4 is 0 Å². The summed E-state index contributed by atoms with van der Waals surface area (Å²) in [5, 5.41) is 0. The van der Waals surface area contributed by atoms with E-state index in [-0.39, 0.29) is 6.10 Å². The van der Waals surface area contributed by atoms with E-state index in [9.17, 15) is 0 Å². The van der Waals surface area contributed by atoms with Crippen LogP contribution in [-0.2, 0) is 9.47 Å². The van der Waals surface area contributed by atoms with Gasteiger partial charge in [-0.1, -0.05) is 6.08 Å². The van der Waals surface area contributed by atoms with Gasteiger partial charge in [-0.05, 0) is 32.1 Å². The van der Waals surface area contributed by atoms with Crippen molar-refractivity contribution in [1.82, 2.24) is 0 Å². The zero-order valence-electron chi connectivity index (χ0n) is 8.08. The number of ether oxygens (including phenoxy) is 2. The van der Waals surface area contributed by atoms with Gasteiger partial charge in [0.2, 0.25) is 0 Å². The Morgan fingerprint density at radius 1 is 1.08 bits per heavy atom. The Morgan fingerprint density at radius 3 is 2.77 bits per heavy atom. The first-order valence-electron chi connectivity index (χ1n) is 5.30. The minimum atomic E-state index is 0.261. The van der Waals surface area contributed by atoms with E-state index in [2.05, 4.69) is 6.58 Å². The SMILES string of the molecule is C=C[C@@H]1CCC[C@H]2OCCC[C@@H]2O1. The van der Waals surface area contributed by atoms with Crippen LogP contribution in [0.15, 0.2) is 12.7 Å². The van der Waals surface area contributed by atoms with Gasteiger partial charge in [-0.15, -0.1) is 6.58 Å². The molecule has 0 N–H and O–H groups in total. The summed E-state index contributed by atoms with van der Waals surface area (Å²) in [6.45, 7) is 4.72. The first kappa shape index (κ1) is 9.22. The third-order valence-corrected chi connectivity index (χ3v) is 2.97. The summed E-state index contributed by atoms with van der Waals surface area (Å²) >= 11 is 0. The van der Waals surface area contributed by atoms with E-state index in [0.29, 0.717) is 12.2 Å². The average molecular weight is 182 g/mol. The largest absolute Gasteiger partial charge is 0.376 e. The highest BCUT2D eigenvalue weighted by molar-refractivity contribution is 4.87. The smallest absolute Gasteiger partial charge is 0.0845 e. The van der Waals surface area contributed by atoms with Crippen molar-refractivity contribution < 1.29 is 9.47 Å². The highest BCUT2D eigenvalue weighted by Crippen LogP contribution is 2.27. The molecule has 0 aliphatic carbocycles. The van der Waals surface area contributed by atoms with E-state index in [1.807, 2.05) is 6.08 Å². The van der Waals surface area contributed by atoms with Crippen molar-refractivity contribution in [3.05, 3.63) is 12.7 Å². The number of hydrogen-bond donors (Lipinski definition) is 0. The summed E-state index contributed by atoms with van der Waals surface area (Å²) in [5.74, 6) is 0. The van der Waals surface area contributed by atoms with Gasteiger partial charge in [-0.3, -0.25) is 0 Å². The lowest BCUT2D eigenvalue weighted by Crippen LogP contribution is -2.36. The van der Waals surface area contributed by atoms with Crippen molar-refractivity contribution in [2.24, 2.45) is 0 Å². The normalized spacial score (nSPS) is 40.5. The van der Waals surface area contributed by atoms with Crippen molar-refractivity contribution >= 4 is 0 Å². The lowest BCUT2D eigenvalue weighted by atomic mass is 10.0. The molecule has 2 nitrogen and oxygen atoms in total. The van der Waals surface area contributed by atoms with E-state index < -0.39 is 0 Å². The van der Waals surface area contributed by atoms with Crippen LogP contribution >= 0.6 is 0 Å². The maximum atomic E-state index is 5.92. The van der Waals surface area contributed by atoms with Crippen molar-refractivity contribution in [2.75, 3.05) is 6.61 Å². The lowest BCUT2D eigenvalue weighted by molar-refractivity contribution is -0.110. The summed E-state index contributed by atoms with van der Waals surface area (Å²) in [7, 11) is 0. The summed E-state index contributed by atoms with van der Waals surface area (Å²) < 4.78 is 11.6. The van der Waals surface area contributed by atoms with Gasteiger partial charge in [0.05, 0.1) is 18.3 Å². The molecule has 2 saturated heterocycles. The van der Waals surface area contributed by atoms with E-state index in [1.54, 1.807) is 0 Å². The van der Waals surface area contributed by atoms with Gasteiger partial charge in [0.25, 0.3) is 0 Å². The molecular formula is C11H18O2. The van der Waals surface area contributed by atoms with Crippen molar-refractivity contribution in [3.63, 3.8) is 0 Å². The first-order valence-corrected chi connectivity index (χ1v) is 5.30. The van der Waals surface area contributed by atoms with Crippen LogP contribution in [0.2, 0.25) is 0 Å². The summed E-state index contributed by atoms with van der Waals surface area (Å²) in [5.41, 5.74) is 0. The highest BCUT2D eigenvalue weighted by atomic mass is 16.5. The average Bonchev–Trinajstić information content (AvgIpc) is 2.38. The Balaban J connectivity index is 1.98. The summed E-state index contributed by atoms with van der Waals surface area (Å²) in [4.78, 5) is 0. The fourth-order valence-electron chi connectivity index (χ4n) is 2.22. The van der Waals surface area contributed by atoms with Gasteiger partial charge in [-0.25, -0.2) is 0 Å². The maximum Gasteiger partial charge on any atom is 0.0845 e. The predicted molar refractivity (Wildman–Crippen MR) is 51.7 cm³/mol. The molecule has 2 aliphatic heterocycles. The maximum absolute atomic E-state index is 5.92. The number of hydrogen-bond acceptors (Lipinski definition) is 2. The molecule has 2 heteroatoms. The van der Waals surface area contributed by atoms with E-state index in [4.69, 9.17) is 9.47 Å². The summed E-state index contributed by atoms with van der Waals surface area (Å²) in [6.07, 6.45) is 8.67. The topological polar surface area (TPSA) is 18.5 Å².